The monoisotopic (exact) mass is 427 g/mol. The topological polar surface area (TPSA) is 95.7 Å². The number of aromatic nitrogens is 4. The standard InChI is InChI=1S/C19H22BrN7/c20-12-1-6-15-11(9-12)7-8-27(15)18-16-17(23-10-22-16)25-19(26-18)24-14-4-2-13(21)3-5-14/h1,6,9-10,13-14H,2-5,7-8,21H2,(H2,22,23,24,25,26)/t13-,14-. The minimum absolute atomic E-state index is 0.329. The summed E-state index contributed by atoms with van der Waals surface area (Å²) in [6.45, 7) is 0.891. The van der Waals surface area contributed by atoms with Crippen LogP contribution in [0.15, 0.2) is 29.0 Å². The van der Waals surface area contributed by atoms with E-state index in [1.54, 1.807) is 6.33 Å². The van der Waals surface area contributed by atoms with Crippen LogP contribution < -0.4 is 16.0 Å². The summed E-state index contributed by atoms with van der Waals surface area (Å²) in [5.74, 6) is 1.52. The number of aromatic amines is 1. The summed E-state index contributed by atoms with van der Waals surface area (Å²) in [6, 6.07) is 7.10. The molecular weight excluding hydrogens is 406 g/mol. The molecule has 4 N–H and O–H groups in total. The molecule has 1 aromatic carbocycles. The molecule has 0 saturated heterocycles. The molecule has 1 saturated carbocycles. The van der Waals surface area contributed by atoms with E-state index in [1.807, 2.05) is 0 Å². The number of nitrogens with zero attached hydrogens (tertiary/aromatic N) is 4. The lowest BCUT2D eigenvalue weighted by Crippen LogP contribution is -2.33. The number of fused-ring (bicyclic) bond motifs is 2. The van der Waals surface area contributed by atoms with Crippen LogP contribution in [-0.2, 0) is 6.42 Å². The first-order valence-corrected chi connectivity index (χ1v) is 10.3. The number of H-pyrrole nitrogens is 1. The maximum absolute atomic E-state index is 6.03. The third-order valence-electron chi connectivity index (χ3n) is 5.56. The van der Waals surface area contributed by atoms with E-state index in [0.29, 0.717) is 18.0 Å². The van der Waals surface area contributed by atoms with Gasteiger partial charge in [-0.3, -0.25) is 0 Å². The van der Waals surface area contributed by atoms with E-state index >= 15 is 0 Å². The van der Waals surface area contributed by atoms with Gasteiger partial charge in [0.25, 0.3) is 0 Å². The van der Waals surface area contributed by atoms with Gasteiger partial charge in [0.2, 0.25) is 5.95 Å². The Hall–Kier alpha value is -2.19. The Morgan fingerprint density at radius 1 is 1.19 bits per heavy atom. The van der Waals surface area contributed by atoms with Crippen LogP contribution in [0.5, 0.6) is 0 Å². The molecule has 0 bridgehead atoms. The molecule has 1 fully saturated rings. The van der Waals surface area contributed by atoms with Crippen LogP contribution in [0.3, 0.4) is 0 Å². The Morgan fingerprint density at radius 2 is 2.04 bits per heavy atom. The number of nitrogens with two attached hydrogens (primary N) is 1. The molecule has 0 unspecified atom stereocenters. The average molecular weight is 428 g/mol. The zero-order valence-electron chi connectivity index (χ0n) is 15.0. The molecule has 7 nitrogen and oxygen atoms in total. The first-order valence-electron chi connectivity index (χ1n) is 9.46. The van der Waals surface area contributed by atoms with Crippen LogP contribution in [0.25, 0.3) is 11.2 Å². The quantitative estimate of drug-likeness (QED) is 0.591. The molecule has 0 amide bonds. The van der Waals surface area contributed by atoms with E-state index in [0.717, 1.165) is 60.1 Å². The van der Waals surface area contributed by atoms with Crippen LogP contribution in [0.4, 0.5) is 17.5 Å². The van der Waals surface area contributed by atoms with E-state index in [4.69, 9.17) is 10.7 Å². The first-order chi connectivity index (χ1) is 13.2. The van der Waals surface area contributed by atoms with Crippen LogP contribution >= 0.6 is 15.9 Å². The number of benzene rings is 1. The number of nitrogens with one attached hydrogen (secondary N) is 2. The molecule has 3 heterocycles. The third-order valence-corrected chi connectivity index (χ3v) is 6.05. The van der Waals surface area contributed by atoms with Crippen LogP contribution in [0.1, 0.15) is 31.2 Å². The van der Waals surface area contributed by atoms with E-state index in [1.165, 1.54) is 11.3 Å². The fraction of sp³-hybridized carbons (Fsp3) is 0.421. The van der Waals surface area contributed by atoms with Crippen molar-refractivity contribution in [2.45, 2.75) is 44.2 Å². The number of halogens is 1. The minimum atomic E-state index is 0.329. The van der Waals surface area contributed by atoms with Crippen LogP contribution in [0, 0.1) is 0 Å². The summed E-state index contributed by atoms with van der Waals surface area (Å²) in [4.78, 5) is 19.4. The van der Waals surface area contributed by atoms with Crippen molar-refractivity contribution in [2.24, 2.45) is 5.73 Å². The molecule has 2 aromatic heterocycles. The van der Waals surface area contributed by atoms with Crippen molar-refractivity contribution in [3.63, 3.8) is 0 Å². The van der Waals surface area contributed by atoms with Gasteiger partial charge in [0.05, 0.1) is 6.33 Å². The van der Waals surface area contributed by atoms with Gasteiger partial charge in [-0.2, -0.15) is 9.97 Å². The lowest BCUT2D eigenvalue weighted by Gasteiger charge is -2.27. The van der Waals surface area contributed by atoms with Crippen LogP contribution in [-0.4, -0.2) is 38.6 Å². The van der Waals surface area contributed by atoms with E-state index in [-0.39, 0.29) is 0 Å². The average Bonchev–Trinajstić information content (AvgIpc) is 3.29. The molecule has 5 rings (SSSR count). The highest BCUT2D eigenvalue weighted by Gasteiger charge is 2.26. The van der Waals surface area contributed by atoms with Crippen molar-refractivity contribution in [1.29, 1.82) is 0 Å². The Bertz CT molecular complexity index is 977. The zero-order chi connectivity index (χ0) is 18.4. The van der Waals surface area contributed by atoms with Crippen molar-refractivity contribution in [2.75, 3.05) is 16.8 Å². The van der Waals surface area contributed by atoms with Crippen molar-refractivity contribution >= 4 is 44.5 Å². The molecule has 0 atom stereocenters. The molecule has 140 valence electrons. The van der Waals surface area contributed by atoms with Gasteiger partial charge >= 0.3 is 0 Å². The summed E-state index contributed by atoms with van der Waals surface area (Å²) in [7, 11) is 0. The van der Waals surface area contributed by atoms with Gasteiger partial charge in [-0.05, 0) is 55.9 Å². The summed E-state index contributed by atoms with van der Waals surface area (Å²) in [5.41, 5.74) is 10.1. The highest BCUT2D eigenvalue weighted by molar-refractivity contribution is 9.10. The molecule has 2 aliphatic rings. The Labute approximate surface area is 165 Å². The predicted octanol–water partition coefficient (Wildman–Crippen LogP) is 3.49. The van der Waals surface area contributed by atoms with Crippen molar-refractivity contribution in [3.05, 3.63) is 34.6 Å². The lowest BCUT2D eigenvalue weighted by molar-refractivity contribution is 0.410. The van der Waals surface area contributed by atoms with Gasteiger partial charge in [-0.25, -0.2) is 4.98 Å². The maximum atomic E-state index is 6.03. The lowest BCUT2D eigenvalue weighted by atomic mass is 9.92. The molecule has 8 heteroatoms. The highest BCUT2D eigenvalue weighted by Crippen LogP contribution is 2.37. The number of rotatable bonds is 3. The Balaban J connectivity index is 1.50. The molecular formula is C19H22BrN7. The van der Waals surface area contributed by atoms with E-state index in [2.05, 4.69) is 59.3 Å². The fourth-order valence-electron chi connectivity index (χ4n) is 4.11. The molecule has 3 aromatic rings. The van der Waals surface area contributed by atoms with Gasteiger partial charge in [0, 0.05) is 28.8 Å². The molecule has 27 heavy (non-hydrogen) atoms. The summed E-state index contributed by atoms with van der Waals surface area (Å²) in [6.07, 6.45) is 6.89. The van der Waals surface area contributed by atoms with Gasteiger partial charge in [0.15, 0.2) is 17.0 Å². The first kappa shape index (κ1) is 16.9. The van der Waals surface area contributed by atoms with Crippen molar-refractivity contribution in [1.82, 2.24) is 19.9 Å². The number of hydrogen-bond donors (Lipinski definition) is 3. The normalized spacial score (nSPS) is 22.2. The van der Waals surface area contributed by atoms with Gasteiger partial charge in [-0.15, -0.1) is 0 Å². The fourth-order valence-corrected chi connectivity index (χ4v) is 4.52. The second kappa shape index (κ2) is 6.76. The molecule has 1 aliphatic carbocycles. The Kier molecular flexibility index (Phi) is 4.24. The third kappa shape index (κ3) is 3.17. The molecule has 0 spiro atoms. The predicted molar refractivity (Wildman–Crippen MR) is 110 cm³/mol. The summed E-state index contributed by atoms with van der Waals surface area (Å²) < 4.78 is 1.11. The van der Waals surface area contributed by atoms with Crippen LogP contribution in [0.2, 0.25) is 0 Å². The van der Waals surface area contributed by atoms with Crippen molar-refractivity contribution in [3.8, 4) is 0 Å². The Morgan fingerprint density at radius 3 is 2.89 bits per heavy atom. The second-order valence-electron chi connectivity index (χ2n) is 7.40. The summed E-state index contributed by atoms with van der Waals surface area (Å²) in [5, 5.41) is 3.52. The maximum Gasteiger partial charge on any atom is 0.227 e. The number of imidazole rings is 1. The summed E-state index contributed by atoms with van der Waals surface area (Å²) >= 11 is 3.57. The number of hydrogen-bond acceptors (Lipinski definition) is 6. The smallest absolute Gasteiger partial charge is 0.227 e. The van der Waals surface area contributed by atoms with Gasteiger partial charge < -0.3 is 20.9 Å². The van der Waals surface area contributed by atoms with E-state index < -0.39 is 0 Å². The van der Waals surface area contributed by atoms with Gasteiger partial charge in [0.1, 0.15) is 0 Å². The number of anilines is 3. The minimum Gasteiger partial charge on any atom is -0.351 e. The largest absolute Gasteiger partial charge is 0.351 e. The highest BCUT2D eigenvalue weighted by atomic mass is 79.9. The molecule has 0 radical (unpaired) electrons. The second-order valence-corrected chi connectivity index (χ2v) is 8.32. The SMILES string of the molecule is N[C@H]1CC[C@H](Nc2nc(N3CCc4cc(Br)ccc43)c3nc[nH]c3n2)CC1. The molecule has 1 aliphatic heterocycles. The van der Waals surface area contributed by atoms with Crippen molar-refractivity contribution < 1.29 is 0 Å². The zero-order valence-corrected chi connectivity index (χ0v) is 16.5. The van der Waals surface area contributed by atoms with Gasteiger partial charge in [-0.1, -0.05) is 15.9 Å². The van der Waals surface area contributed by atoms with E-state index in [9.17, 15) is 0 Å².